The van der Waals surface area contributed by atoms with Crippen LogP contribution in [0.2, 0.25) is 0 Å². The molecule has 1 heteroatoms. The van der Waals surface area contributed by atoms with Crippen molar-refractivity contribution < 1.29 is 4.79 Å². The molecule has 3 saturated carbocycles. The highest BCUT2D eigenvalue weighted by atomic mass is 16.1. The van der Waals surface area contributed by atoms with Gasteiger partial charge in [0, 0.05) is 11.8 Å². The van der Waals surface area contributed by atoms with Crippen LogP contribution in [0.4, 0.5) is 0 Å². The molecule has 12 heavy (non-hydrogen) atoms. The van der Waals surface area contributed by atoms with E-state index in [1.165, 1.54) is 38.5 Å². The number of Topliss-reactive ketones (excluding diaryl/α,β-unsaturated/α-hetero) is 1. The lowest BCUT2D eigenvalue weighted by molar-refractivity contribution is -0.135. The maximum absolute atomic E-state index is 11.9. The van der Waals surface area contributed by atoms with Crippen molar-refractivity contribution in [2.24, 2.45) is 23.7 Å². The lowest BCUT2D eigenvalue weighted by atomic mass is 9.65. The Morgan fingerprint density at radius 3 is 2.08 bits per heavy atom. The first-order valence-electron chi connectivity index (χ1n) is 5.40. The minimum absolute atomic E-state index is 0.502. The molecule has 0 spiro atoms. The van der Waals surface area contributed by atoms with E-state index in [4.69, 9.17) is 0 Å². The molecule has 4 bridgehead atoms. The summed E-state index contributed by atoms with van der Waals surface area (Å²) in [5, 5.41) is 0. The molecule has 0 N–H and O–H groups in total. The summed E-state index contributed by atoms with van der Waals surface area (Å²) in [7, 11) is 0. The molecule has 0 aromatic heterocycles. The molecule has 3 rings (SSSR count). The van der Waals surface area contributed by atoms with Crippen LogP contribution in [0, 0.1) is 23.7 Å². The van der Waals surface area contributed by atoms with Gasteiger partial charge in [0.2, 0.25) is 0 Å². The van der Waals surface area contributed by atoms with Crippen LogP contribution in [0.25, 0.3) is 0 Å². The summed E-state index contributed by atoms with van der Waals surface area (Å²) in [6.07, 6.45) is 7.86. The van der Waals surface area contributed by atoms with Crippen molar-refractivity contribution in [1.29, 1.82) is 0 Å². The van der Waals surface area contributed by atoms with Gasteiger partial charge in [-0.05, 0) is 43.9 Å². The van der Waals surface area contributed by atoms with Crippen molar-refractivity contribution in [1.82, 2.24) is 0 Å². The quantitative estimate of drug-likeness (QED) is 0.537. The minimum Gasteiger partial charge on any atom is -0.299 e. The predicted molar refractivity (Wildman–Crippen MR) is 46.7 cm³/mol. The van der Waals surface area contributed by atoms with E-state index in [2.05, 4.69) is 0 Å². The fourth-order valence-corrected chi connectivity index (χ4v) is 3.84. The SMILES string of the molecule is O=C1C2CCCC1C1CCC2C1. The number of ketones is 1. The number of carbonyl (C=O) groups excluding carboxylic acids is 1. The zero-order chi connectivity index (χ0) is 8.13. The smallest absolute Gasteiger partial charge is 0.139 e. The number of fused-ring (bicyclic) bond motifs is 6. The summed E-state index contributed by atoms with van der Waals surface area (Å²) < 4.78 is 0. The van der Waals surface area contributed by atoms with Crippen LogP contribution in [-0.2, 0) is 4.79 Å². The van der Waals surface area contributed by atoms with E-state index in [1.54, 1.807) is 0 Å². The lowest BCUT2D eigenvalue weighted by Crippen LogP contribution is -2.39. The van der Waals surface area contributed by atoms with Crippen molar-refractivity contribution in [2.75, 3.05) is 0 Å². The molecular formula is C11H16O. The van der Waals surface area contributed by atoms with Gasteiger partial charge in [0.05, 0.1) is 0 Å². The Labute approximate surface area is 73.5 Å². The molecule has 4 atom stereocenters. The molecule has 3 aliphatic carbocycles. The number of hydrogen-bond acceptors (Lipinski definition) is 1. The molecular weight excluding hydrogens is 148 g/mol. The first-order chi connectivity index (χ1) is 5.86. The van der Waals surface area contributed by atoms with Crippen molar-refractivity contribution in [3.05, 3.63) is 0 Å². The number of rotatable bonds is 0. The van der Waals surface area contributed by atoms with E-state index in [-0.39, 0.29) is 0 Å². The fourth-order valence-electron chi connectivity index (χ4n) is 3.84. The van der Waals surface area contributed by atoms with Crippen LogP contribution in [-0.4, -0.2) is 5.78 Å². The molecule has 1 nitrogen and oxygen atoms in total. The van der Waals surface area contributed by atoms with Gasteiger partial charge < -0.3 is 0 Å². The Hall–Kier alpha value is -0.330. The Morgan fingerprint density at radius 2 is 1.50 bits per heavy atom. The van der Waals surface area contributed by atoms with E-state index in [9.17, 15) is 4.79 Å². The molecule has 0 aliphatic heterocycles. The van der Waals surface area contributed by atoms with Crippen LogP contribution in [0.3, 0.4) is 0 Å². The van der Waals surface area contributed by atoms with Gasteiger partial charge in [0.15, 0.2) is 0 Å². The largest absolute Gasteiger partial charge is 0.299 e. The first-order valence-corrected chi connectivity index (χ1v) is 5.40. The fraction of sp³-hybridized carbons (Fsp3) is 0.909. The minimum atomic E-state index is 0.502. The molecule has 0 radical (unpaired) electrons. The molecule has 3 aliphatic rings. The van der Waals surface area contributed by atoms with Crippen molar-refractivity contribution in [2.45, 2.75) is 38.5 Å². The average Bonchev–Trinajstić information content (AvgIpc) is 2.47. The zero-order valence-corrected chi connectivity index (χ0v) is 7.46. The lowest BCUT2D eigenvalue weighted by Gasteiger charge is -2.38. The summed E-state index contributed by atoms with van der Waals surface area (Å²) in [4.78, 5) is 11.9. The van der Waals surface area contributed by atoms with E-state index in [0.29, 0.717) is 17.6 Å². The van der Waals surface area contributed by atoms with Crippen LogP contribution >= 0.6 is 0 Å². The maximum Gasteiger partial charge on any atom is 0.139 e. The normalized spacial score (nSPS) is 51.2. The number of carbonyl (C=O) groups is 1. The second-order valence-electron chi connectivity index (χ2n) is 4.88. The maximum atomic E-state index is 11.9. The molecule has 0 saturated heterocycles. The van der Waals surface area contributed by atoms with Crippen LogP contribution in [0.5, 0.6) is 0 Å². The highest BCUT2D eigenvalue weighted by Gasteiger charge is 2.48. The Morgan fingerprint density at radius 1 is 0.917 bits per heavy atom. The van der Waals surface area contributed by atoms with Gasteiger partial charge >= 0.3 is 0 Å². The first kappa shape index (κ1) is 7.11. The molecule has 3 fully saturated rings. The van der Waals surface area contributed by atoms with Gasteiger partial charge in [-0.15, -0.1) is 0 Å². The summed E-state index contributed by atoms with van der Waals surface area (Å²) >= 11 is 0. The van der Waals surface area contributed by atoms with Crippen molar-refractivity contribution in [3.8, 4) is 0 Å². The monoisotopic (exact) mass is 164 g/mol. The molecule has 66 valence electrons. The molecule has 0 aromatic carbocycles. The van der Waals surface area contributed by atoms with E-state index >= 15 is 0 Å². The van der Waals surface area contributed by atoms with Gasteiger partial charge in [-0.1, -0.05) is 6.42 Å². The van der Waals surface area contributed by atoms with E-state index in [1.807, 2.05) is 0 Å². The molecule has 4 unspecified atom stereocenters. The van der Waals surface area contributed by atoms with Crippen molar-refractivity contribution in [3.63, 3.8) is 0 Å². The van der Waals surface area contributed by atoms with Crippen LogP contribution in [0.1, 0.15) is 38.5 Å². The predicted octanol–water partition coefficient (Wildman–Crippen LogP) is 2.40. The molecule has 0 heterocycles. The third-order valence-electron chi connectivity index (χ3n) is 4.41. The summed E-state index contributed by atoms with van der Waals surface area (Å²) in [6.45, 7) is 0. The third kappa shape index (κ3) is 0.773. The van der Waals surface area contributed by atoms with Crippen LogP contribution < -0.4 is 0 Å². The van der Waals surface area contributed by atoms with Gasteiger partial charge in [-0.2, -0.15) is 0 Å². The van der Waals surface area contributed by atoms with E-state index in [0.717, 1.165) is 11.8 Å². The topological polar surface area (TPSA) is 17.1 Å². The van der Waals surface area contributed by atoms with Crippen LogP contribution in [0.15, 0.2) is 0 Å². The molecule has 0 aromatic rings. The Bertz CT molecular complexity index is 201. The Kier molecular flexibility index (Phi) is 1.38. The second-order valence-corrected chi connectivity index (χ2v) is 4.88. The average molecular weight is 164 g/mol. The summed E-state index contributed by atoms with van der Waals surface area (Å²) in [5.41, 5.74) is 0. The standard InChI is InChI=1S/C11H16O/c12-11-9-2-1-3-10(11)8-5-4-7(9)6-8/h7-10H,1-6H2. The van der Waals surface area contributed by atoms with Gasteiger partial charge in [-0.3, -0.25) is 4.79 Å². The van der Waals surface area contributed by atoms with Gasteiger partial charge in [-0.25, -0.2) is 0 Å². The molecule has 0 amide bonds. The second kappa shape index (κ2) is 2.34. The van der Waals surface area contributed by atoms with Gasteiger partial charge in [0.1, 0.15) is 5.78 Å². The third-order valence-corrected chi connectivity index (χ3v) is 4.41. The van der Waals surface area contributed by atoms with E-state index < -0.39 is 0 Å². The zero-order valence-electron chi connectivity index (χ0n) is 7.46. The highest BCUT2D eigenvalue weighted by molar-refractivity contribution is 5.85. The summed E-state index contributed by atoms with van der Waals surface area (Å²) in [5.74, 6) is 3.27. The van der Waals surface area contributed by atoms with Crippen molar-refractivity contribution >= 4 is 5.78 Å². The highest BCUT2D eigenvalue weighted by Crippen LogP contribution is 2.51. The van der Waals surface area contributed by atoms with Gasteiger partial charge in [0.25, 0.3) is 0 Å². The number of hydrogen-bond donors (Lipinski definition) is 0. The summed E-state index contributed by atoms with van der Waals surface area (Å²) in [6, 6.07) is 0. The Balaban J connectivity index is 1.97.